The summed E-state index contributed by atoms with van der Waals surface area (Å²) >= 11 is 0. The molecule has 10 heteroatoms. The van der Waals surface area contributed by atoms with E-state index in [9.17, 15) is 0 Å². The maximum absolute atomic E-state index is 6.10. The molecule has 0 bridgehead atoms. The van der Waals surface area contributed by atoms with Crippen LogP contribution in [0, 0.1) is 5.92 Å². The number of nitrogens with zero attached hydrogens (tertiary/aromatic N) is 5. The van der Waals surface area contributed by atoms with E-state index in [0.29, 0.717) is 25.0 Å². The van der Waals surface area contributed by atoms with Crippen LogP contribution in [0.3, 0.4) is 0 Å². The summed E-state index contributed by atoms with van der Waals surface area (Å²) in [7, 11) is 0. The lowest BCUT2D eigenvalue weighted by Crippen LogP contribution is -2.41. The Labute approximate surface area is 180 Å². The smallest absolute Gasteiger partial charge is 0.341 e. The van der Waals surface area contributed by atoms with E-state index in [1.165, 1.54) is 12.8 Å². The van der Waals surface area contributed by atoms with Gasteiger partial charge in [-0.25, -0.2) is 0 Å². The molecule has 4 heterocycles. The zero-order valence-corrected chi connectivity index (χ0v) is 17.4. The Hall–Kier alpha value is -2.27. The van der Waals surface area contributed by atoms with E-state index in [0.717, 1.165) is 44.5 Å². The molecule has 3 aliphatic heterocycles. The zero-order chi connectivity index (χ0) is 20.6. The van der Waals surface area contributed by atoms with Crippen molar-refractivity contribution in [2.45, 2.75) is 37.1 Å². The molecule has 0 radical (unpaired) electrons. The molecule has 4 unspecified atom stereocenters. The number of tetrazole rings is 1. The number of benzene rings is 1. The van der Waals surface area contributed by atoms with Crippen LogP contribution in [0.15, 0.2) is 24.3 Å². The first-order valence-corrected chi connectivity index (χ1v) is 11.2. The first kappa shape index (κ1) is 19.4. The Kier molecular flexibility index (Phi) is 5.23. The van der Waals surface area contributed by atoms with Crippen molar-refractivity contribution >= 4 is 5.69 Å². The van der Waals surface area contributed by atoms with Crippen molar-refractivity contribution in [3.63, 3.8) is 0 Å². The Balaban J connectivity index is 1.15. The number of rotatable bonds is 7. The predicted octanol–water partition coefficient (Wildman–Crippen LogP) is 1.01. The van der Waals surface area contributed by atoms with Gasteiger partial charge in [-0.2, -0.15) is 4.68 Å². The lowest BCUT2D eigenvalue weighted by atomic mass is 10.1. The molecule has 1 aromatic heterocycles. The second-order valence-electron chi connectivity index (χ2n) is 8.73. The minimum absolute atomic E-state index is 0.0189. The highest BCUT2D eigenvalue weighted by Gasteiger charge is 2.49. The van der Waals surface area contributed by atoms with Gasteiger partial charge in [0.25, 0.3) is 0 Å². The fourth-order valence-electron chi connectivity index (χ4n) is 4.64. The van der Waals surface area contributed by atoms with Crippen LogP contribution in [0.5, 0.6) is 11.8 Å². The molecule has 1 saturated carbocycles. The third-order valence-electron chi connectivity index (χ3n) is 6.57. The van der Waals surface area contributed by atoms with Crippen LogP contribution in [0.25, 0.3) is 0 Å². The molecule has 2 aromatic rings. The van der Waals surface area contributed by atoms with Crippen LogP contribution < -0.4 is 15.0 Å². The molecule has 31 heavy (non-hydrogen) atoms. The van der Waals surface area contributed by atoms with E-state index in [1.54, 1.807) is 4.68 Å². The first-order chi connectivity index (χ1) is 15.3. The quantitative estimate of drug-likeness (QED) is 0.693. The average Bonchev–Trinajstić information content (AvgIpc) is 3.18. The summed E-state index contributed by atoms with van der Waals surface area (Å²) in [5.41, 5.74) is 1.10. The van der Waals surface area contributed by atoms with E-state index in [4.69, 9.17) is 18.9 Å². The van der Waals surface area contributed by atoms with Crippen molar-refractivity contribution in [1.82, 2.24) is 25.5 Å². The third kappa shape index (κ3) is 4.00. The van der Waals surface area contributed by atoms with E-state index in [1.807, 2.05) is 18.2 Å². The van der Waals surface area contributed by atoms with Gasteiger partial charge in [0.1, 0.15) is 24.0 Å². The molecular weight excluding hydrogens is 400 g/mol. The average molecular weight is 428 g/mol. The molecule has 3 saturated heterocycles. The number of hydrogen-bond acceptors (Lipinski definition) is 9. The van der Waals surface area contributed by atoms with Crippen molar-refractivity contribution in [2.75, 3.05) is 51.0 Å². The fraction of sp³-hybridized carbons (Fsp3) is 0.667. The Morgan fingerprint density at radius 1 is 1.10 bits per heavy atom. The van der Waals surface area contributed by atoms with Crippen molar-refractivity contribution in [3.05, 3.63) is 24.3 Å². The van der Waals surface area contributed by atoms with Crippen LogP contribution in [0.1, 0.15) is 18.9 Å². The van der Waals surface area contributed by atoms with E-state index in [-0.39, 0.29) is 24.3 Å². The molecule has 166 valence electrons. The molecule has 10 nitrogen and oxygen atoms in total. The molecular formula is C21H28N6O4. The molecule has 1 aromatic carbocycles. The van der Waals surface area contributed by atoms with E-state index >= 15 is 0 Å². The number of fused-ring (bicyclic) bond motifs is 1. The van der Waals surface area contributed by atoms with Crippen LogP contribution in [-0.4, -0.2) is 84.5 Å². The van der Waals surface area contributed by atoms with Gasteiger partial charge in [-0.3, -0.25) is 0 Å². The van der Waals surface area contributed by atoms with Gasteiger partial charge in [-0.05, 0) is 47.9 Å². The van der Waals surface area contributed by atoms with Crippen molar-refractivity contribution < 1.29 is 18.9 Å². The summed E-state index contributed by atoms with van der Waals surface area (Å²) in [6, 6.07) is 8.47. The highest BCUT2D eigenvalue weighted by molar-refractivity contribution is 5.51. The molecule has 1 aliphatic carbocycles. The highest BCUT2D eigenvalue weighted by atomic mass is 16.6. The second-order valence-corrected chi connectivity index (χ2v) is 8.73. The monoisotopic (exact) mass is 428 g/mol. The summed E-state index contributed by atoms with van der Waals surface area (Å²) in [6.07, 6.45) is 2.60. The SMILES string of the molecule is c1cc(Oc2nnnn2C2COC3C(NCC4CC4)COC32)cc(N2CCOCC2)c1. The van der Waals surface area contributed by atoms with Gasteiger partial charge < -0.3 is 29.2 Å². The lowest BCUT2D eigenvalue weighted by molar-refractivity contribution is 0.0611. The van der Waals surface area contributed by atoms with Gasteiger partial charge in [0.15, 0.2) is 0 Å². The predicted molar refractivity (Wildman–Crippen MR) is 110 cm³/mol. The van der Waals surface area contributed by atoms with Gasteiger partial charge in [-0.1, -0.05) is 11.2 Å². The number of ether oxygens (including phenoxy) is 4. The van der Waals surface area contributed by atoms with Crippen LogP contribution in [-0.2, 0) is 14.2 Å². The topological polar surface area (TPSA) is 95.8 Å². The molecule has 6 rings (SSSR count). The maximum Gasteiger partial charge on any atom is 0.341 e. The minimum Gasteiger partial charge on any atom is -0.423 e. The summed E-state index contributed by atoms with van der Waals surface area (Å²) < 4.78 is 25.5. The maximum atomic E-state index is 6.10. The molecule has 4 aliphatic rings. The zero-order valence-electron chi connectivity index (χ0n) is 17.4. The van der Waals surface area contributed by atoms with Crippen LogP contribution >= 0.6 is 0 Å². The highest BCUT2D eigenvalue weighted by Crippen LogP contribution is 2.37. The van der Waals surface area contributed by atoms with Crippen molar-refractivity contribution in [1.29, 1.82) is 0 Å². The summed E-state index contributed by atoms with van der Waals surface area (Å²) in [5.74, 6) is 1.52. The second kappa shape index (κ2) is 8.34. The van der Waals surface area contributed by atoms with E-state index in [2.05, 4.69) is 31.8 Å². The molecule has 0 amide bonds. The van der Waals surface area contributed by atoms with Gasteiger partial charge >= 0.3 is 6.01 Å². The third-order valence-corrected chi connectivity index (χ3v) is 6.57. The molecule has 4 atom stereocenters. The molecule has 0 spiro atoms. The summed E-state index contributed by atoms with van der Waals surface area (Å²) in [6.45, 7) is 5.43. The van der Waals surface area contributed by atoms with Gasteiger partial charge in [-0.15, -0.1) is 0 Å². The summed E-state index contributed by atoms with van der Waals surface area (Å²) in [5, 5.41) is 15.8. The van der Waals surface area contributed by atoms with Gasteiger partial charge in [0.05, 0.1) is 32.5 Å². The number of anilines is 1. The lowest BCUT2D eigenvalue weighted by Gasteiger charge is -2.29. The van der Waals surface area contributed by atoms with Crippen LogP contribution in [0.4, 0.5) is 5.69 Å². The number of nitrogens with one attached hydrogen (secondary N) is 1. The number of hydrogen-bond donors (Lipinski definition) is 1. The van der Waals surface area contributed by atoms with Crippen molar-refractivity contribution in [2.24, 2.45) is 5.92 Å². The summed E-state index contributed by atoms with van der Waals surface area (Å²) in [4.78, 5) is 2.29. The minimum atomic E-state index is -0.106. The van der Waals surface area contributed by atoms with Crippen LogP contribution in [0.2, 0.25) is 0 Å². The Bertz CT molecular complexity index is 900. The van der Waals surface area contributed by atoms with Gasteiger partial charge in [0.2, 0.25) is 0 Å². The largest absolute Gasteiger partial charge is 0.423 e. The fourth-order valence-corrected chi connectivity index (χ4v) is 4.64. The van der Waals surface area contributed by atoms with Gasteiger partial charge in [0, 0.05) is 24.8 Å². The standard InChI is InChI=1S/C21H28N6O4/c1-2-15(26-6-8-28-9-7-26)10-16(3-1)31-21-23-24-25-27(21)18-13-30-19-17(12-29-20(18)19)22-11-14-4-5-14/h1-3,10,14,17-20,22H,4-9,11-13H2. The first-order valence-electron chi connectivity index (χ1n) is 11.2. The number of morpholine rings is 1. The molecule has 1 N–H and O–H groups in total. The molecule has 4 fully saturated rings. The number of aromatic nitrogens is 4. The Morgan fingerprint density at radius 2 is 1.97 bits per heavy atom. The Morgan fingerprint density at radius 3 is 2.84 bits per heavy atom. The van der Waals surface area contributed by atoms with Crippen molar-refractivity contribution in [3.8, 4) is 11.8 Å². The normalized spacial score (nSPS) is 30.5. The van der Waals surface area contributed by atoms with E-state index < -0.39 is 0 Å².